The second-order valence-corrected chi connectivity index (χ2v) is 3.68. The molecular weight excluding hydrogens is 166 g/mol. The Morgan fingerprint density at radius 2 is 2.15 bits per heavy atom. The van der Waals surface area contributed by atoms with Gasteiger partial charge in [0.2, 0.25) is 0 Å². The highest BCUT2D eigenvalue weighted by Crippen LogP contribution is 2.31. The molecule has 0 aliphatic heterocycles. The Bertz CT molecular complexity index is 306. The van der Waals surface area contributed by atoms with Gasteiger partial charge in [0.15, 0.2) is 0 Å². The Hall–Kier alpha value is -1.12. The molecule has 2 rings (SSSR count). The molecule has 0 saturated heterocycles. The molecule has 3 nitrogen and oxygen atoms in total. The van der Waals surface area contributed by atoms with Crippen LogP contribution in [-0.2, 0) is 4.79 Å². The number of Topliss-reactive ketones (excluding diaryl/α,β-unsaturated/α-hetero) is 1. The molecule has 1 aromatic rings. The summed E-state index contributed by atoms with van der Waals surface area (Å²) >= 11 is 0. The normalized spacial score (nSPS) is 19.3. The van der Waals surface area contributed by atoms with Gasteiger partial charge in [-0.2, -0.15) is 0 Å². The number of carbonyl (C=O) groups is 1. The Balaban J connectivity index is 2.06. The van der Waals surface area contributed by atoms with Crippen molar-refractivity contribution >= 4 is 5.78 Å². The summed E-state index contributed by atoms with van der Waals surface area (Å²) in [5.41, 5.74) is 0.923. The maximum absolute atomic E-state index is 11.0. The number of hydrogen-bond donors (Lipinski definition) is 0. The van der Waals surface area contributed by atoms with Gasteiger partial charge in [-0.1, -0.05) is 5.16 Å². The molecule has 13 heavy (non-hydrogen) atoms. The molecule has 70 valence electrons. The Kier molecular flexibility index (Phi) is 2.17. The molecule has 0 atom stereocenters. The SMILES string of the molecule is Cc1cc(C2CCC(=O)CC2)on1. The van der Waals surface area contributed by atoms with Crippen molar-refractivity contribution in [2.75, 3.05) is 0 Å². The van der Waals surface area contributed by atoms with E-state index in [9.17, 15) is 4.79 Å². The second-order valence-electron chi connectivity index (χ2n) is 3.68. The van der Waals surface area contributed by atoms with Gasteiger partial charge >= 0.3 is 0 Å². The fourth-order valence-corrected chi connectivity index (χ4v) is 1.80. The average molecular weight is 179 g/mol. The topological polar surface area (TPSA) is 43.1 Å². The minimum atomic E-state index is 0.382. The highest BCUT2D eigenvalue weighted by molar-refractivity contribution is 5.79. The number of carbonyl (C=O) groups excluding carboxylic acids is 1. The molecule has 1 aliphatic carbocycles. The highest BCUT2D eigenvalue weighted by Gasteiger charge is 2.22. The van der Waals surface area contributed by atoms with Gasteiger partial charge in [0.1, 0.15) is 11.5 Å². The summed E-state index contributed by atoms with van der Waals surface area (Å²) in [6.07, 6.45) is 3.25. The maximum Gasteiger partial charge on any atom is 0.140 e. The average Bonchev–Trinajstić information content (AvgIpc) is 2.53. The smallest absolute Gasteiger partial charge is 0.140 e. The summed E-state index contributed by atoms with van der Waals surface area (Å²) in [6, 6.07) is 1.97. The number of ketones is 1. The lowest BCUT2D eigenvalue weighted by atomic mass is 9.87. The number of aryl methyl sites for hydroxylation is 1. The van der Waals surface area contributed by atoms with Crippen LogP contribution in [0.25, 0.3) is 0 Å². The van der Waals surface area contributed by atoms with E-state index in [1.165, 1.54) is 0 Å². The van der Waals surface area contributed by atoms with Crippen LogP contribution in [0.3, 0.4) is 0 Å². The third kappa shape index (κ3) is 1.79. The van der Waals surface area contributed by atoms with E-state index in [2.05, 4.69) is 5.16 Å². The fraction of sp³-hybridized carbons (Fsp3) is 0.600. The molecule has 0 aromatic carbocycles. The zero-order valence-electron chi connectivity index (χ0n) is 7.75. The first-order valence-corrected chi connectivity index (χ1v) is 4.70. The lowest BCUT2D eigenvalue weighted by Gasteiger charge is -2.17. The van der Waals surface area contributed by atoms with E-state index < -0.39 is 0 Å². The van der Waals surface area contributed by atoms with Crippen molar-refractivity contribution in [1.82, 2.24) is 5.16 Å². The molecule has 3 heteroatoms. The number of aromatic nitrogens is 1. The molecular formula is C10H13NO2. The van der Waals surface area contributed by atoms with Crippen LogP contribution < -0.4 is 0 Å². The van der Waals surface area contributed by atoms with Crippen LogP contribution in [-0.4, -0.2) is 10.9 Å². The molecule has 1 aliphatic rings. The second kappa shape index (κ2) is 3.32. The van der Waals surface area contributed by atoms with E-state index in [1.54, 1.807) is 0 Å². The standard InChI is InChI=1S/C10H13NO2/c1-7-6-10(13-11-7)8-2-4-9(12)5-3-8/h6,8H,2-5H2,1H3. The summed E-state index contributed by atoms with van der Waals surface area (Å²) in [4.78, 5) is 11.0. The molecule has 0 N–H and O–H groups in total. The molecule has 0 bridgehead atoms. The van der Waals surface area contributed by atoms with Gasteiger partial charge in [-0.15, -0.1) is 0 Å². The van der Waals surface area contributed by atoms with E-state index in [1.807, 2.05) is 13.0 Å². The van der Waals surface area contributed by atoms with E-state index in [0.29, 0.717) is 24.5 Å². The zero-order chi connectivity index (χ0) is 9.26. The van der Waals surface area contributed by atoms with Crippen LogP contribution in [0, 0.1) is 6.92 Å². The van der Waals surface area contributed by atoms with Crippen molar-refractivity contribution in [3.05, 3.63) is 17.5 Å². The lowest BCUT2D eigenvalue weighted by Crippen LogP contribution is -2.11. The van der Waals surface area contributed by atoms with E-state index >= 15 is 0 Å². The van der Waals surface area contributed by atoms with Gasteiger partial charge in [-0.25, -0.2) is 0 Å². The minimum absolute atomic E-state index is 0.382. The summed E-state index contributed by atoms with van der Waals surface area (Å²) in [7, 11) is 0. The monoisotopic (exact) mass is 179 g/mol. The van der Waals surface area contributed by atoms with Crippen LogP contribution in [0.5, 0.6) is 0 Å². The van der Waals surface area contributed by atoms with Crippen molar-refractivity contribution in [2.45, 2.75) is 38.5 Å². The predicted molar refractivity (Wildman–Crippen MR) is 47.5 cm³/mol. The number of hydrogen-bond acceptors (Lipinski definition) is 3. The Morgan fingerprint density at radius 1 is 1.46 bits per heavy atom. The third-order valence-corrected chi connectivity index (χ3v) is 2.59. The predicted octanol–water partition coefficient (Wildman–Crippen LogP) is 2.21. The van der Waals surface area contributed by atoms with Crippen LogP contribution in [0.4, 0.5) is 0 Å². The molecule has 0 amide bonds. The Morgan fingerprint density at radius 3 is 2.69 bits per heavy atom. The van der Waals surface area contributed by atoms with E-state index in [0.717, 1.165) is 24.3 Å². The highest BCUT2D eigenvalue weighted by atomic mass is 16.5. The van der Waals surface area contributed by atoms with Gasteiger partial charge in [-0.05, 0) is 19.8 Å². The Labute approximate surface area is 77.1 Å². The first kappa shape index (κ1) is 8.48. The summed E-state index contributed by atoms with van der Waals surface area (Å²) in [6.45, 7) is 1.92. The fourth-order valence-electron chi connectivity index (χ4n) is 1.80. The lowest BCUT2D eigenvalue weighted by molar-refractivity contribution is -0.120. The molecule has 1 heterocycles. The van der Waals surface area contributed by atoms with Crippen molar-refractivity contribution in [3.8, 4) is 0 Å². The van der Waals surface area contributed by atoms with Crippen LogP contribution in [0.2, 0.25) is 0 Å². The van der Waals surface area contributed by atoms with Gasteiger partial charge in [-0.3, -0.25) is 4.79 Å². The maximum atomic E-state index is 11.0. The molecule has 0 unspecified atom stereocenters. The van der Waals surface area contributed by atoms with Gasteiger partial charge in [0.05, 0.1) is 5.69 Å². The first-order valence-electron chi connectivity index (χ1n) is 4.70. The quantitative estimate of drug-likeness (QED) is 0.663. The van der Waals surface area contributed by atoms with Crippen LogP contribution in [0.1, 0.15) is 43.1 Å². The number of nitrogens with zero attached hydrogens (tertiary/aromatic N) is 1. The molecule has 1 saturated carbocycles. The zero-order valence-corrected chi connectivity index (χ0v) is 7.75. The molecule has 0 radical (unpaired) electrons. The third-order valence-electron chi connectivity index (χ3n) is 2.59. The summed E-state index contributed by atoms with van der Waals surface area (Å²) in [5.74, 6) is 1.75. The van der Waals surface area contributed by atoms with Crippen LogP contribution >= 0.6 is 0 Å². The van der Waals surface area contributed by atoms with Crippen molar-refractivity contribution in [1.29, 1.82) is 0 Å². The summed E-state index contributed by atoms with van der Waals surface area (Å²) in [5, 5.41) is 3.85. The van der Waals surface area contributed by atoms with E-state index in [4.69, 9.17) is 4.52 Å². The van der Waals surface area contributed by atoms with Crippen molar-refractivity contribution in [2.24, 2.45) is 0 Å². The first-order chi connectivity index (χ1) is 6.25. The van der Waals surface area contributed by atoms with E-state index in [-0.39, 0.29) is 0 Å². The molecule has 0 spiro atoms. The van der Waals surface area contributed by atoms with Crippen LogP contribution in [0.15, 0.2) is 10.6 Å². The molecule has 1 aromatic heterocycles. The minimum Gasteiger partial charge on any atom is -0.361 e. The van der Waals surface area contributed by atoms with Crippen molar-refractivity contribution in [3.63, 3.8) is 0 Å². The largest absolute Gasteiger partial charge is 0.361 e. The molecule has 1 fully saturated rings. The van der Waals surface area contributed by atoms with Gasteiger partial charge < -0.3 is 4.52 Å². The van der Waals surface area contributed by atoms with Gasteiger partial charge in [0, 0.05) is 24.8 Å². The van der Waals surface area contributed by atoms with Crippen molar-refractivity contribution < 1.29 is 9.32 Å². The van der Waals surface area contributed by atoms with Gasteiger partial charge in [0.25, 0.3) is 0 Å². The summed E-state index contributed by atoms with van der Waals surface area (Å²) < 4.78 is 5.18. The number of rotatable bonds is 1.